The van der Waals surface area contributed by atoms with E-state index in [0.29, 0.717) is 6.61 Å². The molecule has 2 N–H and O–H groups in total. The molecule has 3 aromatic rings. The number of H-pyrrole nitrogens is 2. The topological polar surface area (TPSA) is 40.8 Å². The second-order valence-corrected chi connectivity index (χ2v) is 4.69. The third-order valence-electron chi connectivity index (χ3n) is 3.39. The van der Waals surface area contributed by atoms with Gasteiger partial charge in [-0.3, -0.25) is 0 Å². The zero-order valence-electron chi connectivity index (χ0n) is 11.5. The van der Waals surface area contributed by atoms with Gasteiger partial charge < -0.3 is 14.7 Å². The second-order valence-electron chi connectivity index (χ2n) is 4.69. The Bertz CT molecular complexity index is 590. The molecule has 1 aromatic carbocycles. The molecule has 2 aromatic heterocycles. The summed E-state index contributed by atoms with van der Waals surface area (Å²) in [7, 11) is 0. The second kappa shape index (κ2) is 5.70. The third kappa shape index (κ3) is 2.48. The van der Waals surface area contributed by atoms with E-state index in [1.807, 2.05) is 43.6 Å². The third-order valence-corrected chi connectivity index (χ3v) is 3.39. The first-order chi connectivity index (χ1) is 9.88. The molecule has 0 atom stereocenters. The maximum Gasteiger partial charge on any atom is 0.119 e. The first kappa shape index (κ1) is 12.6. The quantitative estimate of drug-likeness (QED) is 0.722. The van der Waals surface area contributed by atoms with Gasteiger partial charge in [-0.25, -0.2) is 0 Å². The van der Waals surface area contributed by atoms with Crippen LogP contribution in [-0.2, 0) is 0 Å². The Hall–Kier alpha value is -2.42. The van der Waals surface area contributed by atoms with Crippen molar-refractivity contribution < 1.29 is 4.74 Å². The van der Waals surface area contributed by atoms with Crippen LogP contribution in [0.25, 0.3) is 0 Å². The van der Waals surface area contributed by atoms with E-state index >= 15 is 0 Å². The first-order valence-electron chi connectivity index (χ1n) is 6.88. The minimum Gasteiger partial charge on any atom is -0.494 e. The van der Waals surface area contributed by atoms with Crippen LogP contribution in [0.5, 0.6) is 5.75 Å². The Balaban J connectivity index is 1.97. The lowest BCUT2D eigenvalue weighted by atomic mass is 9.92. The lowest BCUT2D eigenvalue weighted by Crippen LogP contribution is -2.04. The summed E-state index contributed by atoms with van der Waals surface area (Å²) in [5, 5.41) is 0. The van der Waals surface area contributed by atoms with Crippen molar-refractivity contribution in [1.29, 1.82) is 0 Å². The molecular weight excluding hydrogens is 248 g/mol. The Kier molecular flexibility index (Phi) is 3.59. The smallest absolute Gasteiger partial charge is 0.119 e. The molecule has 3 rings (SSSR count). The van der Waals surface area contributed by atoms with Crippen molar-refractivity contribution in [2.24, 2.45) is 0 Å². The summed E-state index contributed by atoms with van der Waals surface area (Å²) in [5.41, 5.74) is 3.59. The number of benzene rings is 1. The number of hydrogen-bond acceptors (Lipinski definition) is 1. The SMILES string of the molecule is CCOc1ccc(C(c2ccc[nH]2)c2ccc[nH]2)cc1. The fourth-order valence-electron chi connectivity index (χ4n) is 2.50. The average Bonchev–Trinajstić information content (AvgIpc) is 3.15. The molecule has 0 amide bonds. The maximum absolute atomic E-state index is 5.51. The van der Waals surface area contributed by atoms with Crippen LogP contribution in [0.1, 0.15) is 29.8 Å². The largest absolute Gasteiger partial charge is 0.494 e. The molecular formula is C17H18N2O. The lowest BCUT2D eigenvalue weighted by molar-refractivity contribution is 0.340. The van der Waals surface area contributed by atoms with Gasteiger partial charge >= 0.3 is 0 Å². The van der Waals surface area contributed by atoms with Gasteiger partial charge in [-0.15, -0.1) is 0 Å². The molecule has 2 heterocycles. The van der Waals surface area contributed by atoms with Crippen LogP contribution in [-0.4, -0.2) is 16.6 Å². The van der Waals surface area contributed by atoms with Gasteiger partial charge in [0.25, 0.3) is 0 Å². The Labute approximate surface area is 118 Å². The van der Waals surface area contributed by atoms with Crippen LogP contribution in [0.4, 0.5) is 0 Å². The predicted octanol–water partition coefficient (Wildman–Crippen LogP) is 3.92. The molecule has 0 aliphatic carbocycles. The molecule has 3 nitrogen and oxygen atoms in total. The summed E-state index contributed by atoms with van der Waals surface area (Å²) < 4.78 is 5.51. The van der Waals surface area contributed by atoms with Crippen LogP contribution in [0.3, 0.4) is 0 Å². The minimum absolute atomic E-state index is 0.190. The number of nitrogens with one attached hydrogen (secondary N) is 2. The summed E-state index contributed by atoms with van der Waals surface area (Å²) in [6, 6.07) is 16.6. The molecule has 0 bridgehead atoms. The van der Waals surface area contributed by atoms with Gasteiger partial charge in [0.15, 0.2) is 0 Å². The van der Waals surface area contributed by atoms with Crippen molar-refractivity contribution in [2.45, 2.75) is 12.8 Å². The minimum atomic E-state index is 0.190. The van der Waals surface area contributed by atoms with Crippen LogP contribution < -0.4 is 4.74 Å². The van der Waals surface area contributed by atoms with E-state index in [1.165, 1.54) is 17.0 Å². The predicted molar refractivity (Wildman–Crippen MR) is 80.1 cm³/mol. The van der Waals surface area contributed by atoms with Crippen LogP contribution in [0.15, 0.2) is 60.9 Å². The first-order valence-corrected chi connectivity index (χ1v) is 6.88. The normalized spacial score (nSPS) is 10.9. The summed E-state index contributed by atoms with van der Waals surface area (Å²) in [6.45, 7) is 2.69. The summed E-state index contributed by atoms with van der Waals surface area (Å²) in [4.78, 5) is 6.63. The van der Waals surface area contributed by atoms with Crippen molar-refractivity contribution in [3.05, 3.63) is 77.9 Å². The number of aromatic amines is 2. The molecule has 102 valence electrons. The van der Waals surface area contributed by atoms with E-state index in [9.17, 15) is 0 Å². The molecule has 0 fully saturated rings. The Morgan fingerprint density at radius 3 is 1.95 bits per heavy atom. The number of rotatable bonds is 5. The van der Waals surface area contributed by atoms with Crippen LogP contribution in [0.2, 0.25) is 0 Å². The van der Waals surface area contributed by atoms with Gasteiger partial charge in [-0.1, -0.05) is 12.1 Å². The lowest BCUT2D eigenvalue weighted by Gasteiger charge is -2.16. The molecule has 0 spiro atoms. The molecule has 3 heteroatoms. The van der Waals surface area contributed by atoms with Gasteiger partial charge in [0.2, 0.25) is 0 Å². The molecule has 0 aliphatic heterocycles. The standard InChI is InChI=1S/C17H18N2O/c1-2-20-14-9-7-13(8-10-14)17(15-5-3-11-18-15)16-6-4-12-19-16/h3-12,17-19H,2H2,1H3. The molecule has 0 unspecified atom stereocenters. The van der Waals surface area contributed by atoms with Crippen LogP contribution >= 0.6 is 0 Å². The van der Waals surface area contributed by atoms with Crippen molar-refractivity contribution in [2.75, 3.05) is 6.61 Å². The Morgan fingerprint density at radius 2 is 1.50 bits per heavy atom. The zero-order valence-corrected chi connectivity index (χ0v) is 11.5. The molecule has 20 heavy (non-hydrogen) atoms. The van der Waals surface area contributed by atoms with Gasteiger partial charge in [0.1, 0.15) is 5.75 Å². The fraction of sp³-hybridized carbons (Fsp3) is 0.176. The van der Waals surface area contributed by atoms with Crippen molar-refractivity contribution >= 4 is 0 Å². The molecule has 0 radical (unpaired) electrons. The maximum atomic E-state index is 5.51. The fourth-order valence-corrected chi connectivity index (χ4v) is 2.50. The highest BCUT2D eigenvalue weighted by Gasteiger charge is 2.18. The highest BCUT2D eigenvalue weighted by molar-refractivity contribution is 5.40. The summed E-state index contributed by atoms with van der Waals surface area (Å²) >= 11 is 0. The average molecular weight is 266 g/mol. The van der Waals surface area contributed by atoms with Gasteiger partial charge in [-0.2, -0.15) is 0 Å². The van der Waals surface area contributed by atoms with E-state index < -0.39 is 0 Å². The van der Waals surface area contributed by atoms with Gasteiger partial charge in [-0.05, 0) is 48.9 Å². The summed E-state index contributed by atoms with van der Waals surface area (Å²) in [6.07, 6.45) is 3.92. The van der Waals surface area contributed by atoms with E-state index in [4.69, 9.17) is 4.74 Å². The number of aromatic nitrogens is 2. The van der Waals surface area contributed by atoms with E-state index in [1.54, 1.807) is 0 Å². The zero-order chi connectivity index (χ0) is 13.8. The number of hydrogen-bond donors (Lipinski definition) is 2. The van der Waals surface area contributed by atoms with Crippen LogP contribution in [0, 0.1) is 0 Å². The molecule has 0 aliphatic rings. The monoisotopic (exact) mass is 266 g/mol. The van der Waals surface area contributed by atoms with Crippen molar-refractivity contribution in [1.82, 2.24) is 9.97 Å². The van der Waals surface area contributed by atoms with Gasteiger partial charge in [0, 0.05) is 23.8 Å². The van der Waals surface area contributed by atoms with E-state index in [0.717, 1.165) is 5.75 Å². The highest BCUT2D eigenvalue weighted by atomic mass is 16.5. The van der Waals surface area contributed by atoms with Gasteiger partial charge in [0.05, 0.1) is 12.5 Å². The molecule has 0 saturated carbocycles. The summed E-state index contributed by atoms with van der Waals surface area (Å²) in [5.74, 6) is 1.10. The van der Waals surface area contributed by atoms with E-state index in [2.05, 4.69) is 34.2 Å². The number of ether oxygens (including phenoxy) is 1. The van der Waals surface area contributed by atoms with E-state index in [-0.39, 0.29) is 5.92 Å². The highest BCUT2D eigenvalue weighted by Crippen LogP contribution is 2.30. The van der Waals surface area contributed by atoms with Crippen molar-refractivity contribution in [3.8, 4) is 5.75 Å². The Morgan fingerprint density at radius 1 is 0.900 bits per heavy atom. The van der Waals surface area contributed by atoms with Crippen molar-refractivity contribution in [3.63, 3.8) is 0 Å². The molecule has 0 saturated heterocycles.